The zero-order valence-corrected chi connectivity index (χ0v) is 17.0. The summed E-state index contributed by atoms with van der Waals surface area (Å²) in [7, 11) is 1.83. The Kier molecular flexibility index (Phi) is 9.35. The van der Waals surface area contributed by atoms with Crippen LogP contribution in [0.3, 0.4) is 0 Å². The molecule has 1 saturated heterocycles. The average molecular weight is 436 g/mol. The molecule has 0 amide bonds. The lowest BCUT2D eigenvalue weighted by atomic mass is 9.97. The molecule has 0 aliphatic carbocycles. The molecule has 6 heteroatoms. The fraction of sp³-hybridized carbons (Fsp3) is 0.688. The van der Waals surface area contributed by atoms with Gasteiger partial charge in [0.1, 0.15) is 0 Å². The molecule has 2 rings (SSSR count). The first-order chi connectivity index (χ1) is 10.2. The van der Waals surface area contributed by atoms with Crippen molar-refractivity contribution in [2.75, 3.05) is 26.7 Å². The number of rotatable bonds is 5. The van der Waals surface area contributed by atoms with Crippen molar-refractivity contribution >= 4 is 41.3 Å². The van der Waals surface area contributed by atoms with E-state index in [-0.39, 0.29) is 24.0 Å². The van der Waals surface area contributed by atoms with Gasteiger partial charge in [0.15, 0.2) is 5.96 Å². The molecule has 1 fully saturated rings. The monoisotopic (exact) mass is 436 g/mol. The largest absolute Gasteiger partial charge is 0.356 e. The highest BCUT2D eigenvalue weighted by atomic mass is 127. The van der Waals surface area contributed by atoms with E-state index in [0.717, 1.165) is 25.0 Å². The summed E-state index contributed by atoms with van der Waals surface area (Å²) in [6.45, 7) is 8.83. The van der Waals surface area contributed by atoms with Gasteiger partial charge in [0.25, 0.3) is 0 Å². The third-order valence-corrected chi connectivity index (χ3v) is 4.74. The minimum absolute atomic E-state index is 0. The molecule has 2 N–H and O–H groups in total. The van der Waals surface area contributed by atoms with Gasteiger partial charge in [-0.3, -0.25) is 9.89 Å². The number of aliphatic imine (C=N–C) groups is 1. The molecular formula is C16H29IN4S. The van der Waals surface area contributed by atoms with Crippen molar-refractivity contribution in [3.05, 3.63) is 22.4 Å². The van der Waals surface area contributed by atoms with Gasteiger partial charge in [-0.2, -0.15) is 0 Å². The lowest BCUT2D eigenvalue weighted by Gasteiger charge is -2.32. The number of nitrogens with zero attached hydrogens (tertiary/aromatic N) is 2. The van der Waals surface area contributed by atoms with Crippen LogP contribution in [0.15, 0.2) is 22.5 Å². The molecule has 0 unspecified atom stereocenters. The van der Waals surface area contributed by atoms with Crippen LogP contribution < -0.4 is 10.6 Å². The van der Waals surface area contributed by atoms with E-state index in [0.29, 0.717) is 6.04 Å². The van der Waals surface area contributed by atoms with Gasteiger partial charge in [0.05, 0.1) is 0 Å². The van der Waals surface area contributed by atoms with Crippen molar-refractivity contribution < 1.29 is 0 Å². The number of nitrogens with one attached hydrogen (secondary N) is 2. The van der Waals surface area contributed by atoms with Gasteiger partial charge in [-0.1, -0.05) is 6.07 Å². The first-order valence-electron chi connectivity index (χ1n) is 7.89. The smallest absolute Gasteiger partial charge is 0.191 e. The predicted octanol–water partition coefficient (Wildman–Crippen LogP) is 3.15. The van der Waals surface area contributed by atoms with E-state index in [1.165, 1.54) is 30.8 Å². The lowest BCUT2D eigenvalue weighted by Crippen LogP contribution is -2.44. The van der Waals surface area contributed by atoms with Crippen molar-refractivity contribution in [1.82, 2.24) is 15.5 Å². The Morgan fingerprint density at radius 1 is 1.41 bits per heavy atom. The summed E-state index contributed by atoms with van der Waals surface area (Å²) in [5.74, 6) is 1.68. The molecule has 126 valence electrons. The van der Waals surface area contributed by atoms with Gasteiger partial charge in [0, 0.05) is 31.1 Å². The van der Waals surface area contributed by atoms with Gasteiger partial charge in [0.2, 0.25) is 0 Å². The first kappa shape index (κ1) is 19.7. The summed E-state index contributed by atoms with van der Waals surface area (Å²) < 4.78 is 0. The Morgan fingerprint density at radius 3 is 2.68 bits per heavy atom. The molecule has 2 heterocycles. The molecule has 0 atom stereocenters. The zero-order valence-electron chi connectivity index (χ0n) is 13.8. The summed E-state index contributed by atoms with van der Waals surface area (Å²) in [5.41, 5.74) is 0. The second-order valence-electron chi connectivity index (χ2n) is 6.05. The Hall–Kier alpha value is -0.340. The van der Waals surface area contributed by atoms with E-state index in [1.807, 2.05) is 18.4 Å². The molecule has 0 spiro atoms. The van der Waals surface area contributed by atoms with Gasteiger partial charge in [-0.25, -0.2) is 0 Å². The van der Waals surface area contributed by atoms with Crippen LogP contribution in [0, 0.1) is 5.92 Å². The number of hydrogen-bond acceptors (Lipinski definition) is 3. The molecule has 4 nitrogen and oxygen atoms in total. The molecule has 0 saturated carbocycles. The van der Waals surface area contributed by atoms with E-state index in [2.05, 4.69) is 51.9 Å². The predicted molar refractivity (Wildman–Crippen MR) is 107 cm³/mol. The van der Waals surface area contributed by atoms with Crippen LogP contribution in [0.25, 0.3) is 0 Å². The van der Waals surface area contributed by atoms with Crippen molar-refractivity contribution in [2.45, 2.75) is 39.3 Å². The summed E-state index contributed by atoms with van der Waals surface area (Å²) in [5, 5.41) is 8.96. The van der Waals surface area contributed by atoms with Gasteiger partial charge in [-0.05, 0) is 57.1 Å². The molecule has 1 aliphatic heterocycles. The third-order valence-electron chi connectivity index (χ3n) is 3.87. The minimum Gasteiger partial charge on any atom is -0.356 e. The number of likely N-dealkylation sites (tertiary alicyclic amines) is 1. The first-order valence-corrected chi connectivity index (χ1v) is 8.77. The number of guanidine groups is 1. The maximum atomic E-state index is 4.26. The summed E-state index contributed by atoms with van der Waals surface area (Å²) in [6.07, 6.45) is 2.55. The Labute approximate surface area is 155 Å². The van der Waals surface area contributed by atoms with E-state index in [4.69, 9.17) is 0 Å². The van der Waals surface area contributed by atoms with Crippen LogP contribution in [0.1, 0.15) is 31.6 Å². The van der Waals surface area contributed by atoms with Gasteiger partial charge >= 0.3 is 0 Å². The molecule has 1 aromatic rings. The average Bonchev–Trinajstić information content (AvgIpc) is 2.97. The van der Waals surface area contributed by atoms with Crippen molar-refractivity contribution in [2.24, 2.45) is 10.9 Å². The fourth-order valence-electron chi connectivity index (χ4n) is 2.68. The zero-order chi connectivity index (χ0) is 15.1. The molecule has 22 heavy (non-hydrogen) atoms. The van der Waals surface area contributed by atoms with Crippen LogP contribution in [-0.4, -0.2) is 43.6 Å². The number of hydrogen-bond donors (Lipinski definition) is 2. The van der Waals surface area contributed by atoms with Crippen LogP contribution in [0.5, 0.6) is 0 Å². The highest BCUT2D eigenvalue weighted by molar-refractivity contribution is 14.0. The van der Waals surface area contributed by atoms with Crippen LogP contribution in [0.2, 0.25) is 0 Å². The topological polar surface area (TPSA) is 39.7 Å². The summed E-state index contributed by atoms with van der Waals surface area (Å²) >= 11 is 1.86. The van der Waals surface area contributed by atoms with Crippen LogP contribution in [-0.2, 0) is 6.54 Å². The number of piperidine rings is 1. The normalized spacial score (nSPS) is 17.4. The minimum atomic E-state index is 0. The molecule has 1 aliphatic rings. The summed E-state index contributed by atoms with van der Waals surface area (Å²) in [6, 6.07) is 4.80. The van der Waals surface area contributed by atoms with Crippen molar-refractivity contribution in [3.63, 3.8) is 0 Å². The highest BCUT2D eigenvalue weighted by Crippen LogP contribution is 2.20. The molecular weight excluding hydrogens is 407 g/mol. The van der Waals surface area contributed by atoms with Crippen molar-refractivity contribution in [3.8, 4) is 0 Å². The standard InChI is InChI=1S/C16H28N4S.HI/c1-13(2)19-16(17-3)18-11-14-6-8-20(9-7-14)12-15-5-4-10-21-15;/h4-5,10,13-14H,6-9,11-12H2,1-3H3,(H2,17,18,19);1H. The summed E-state index contributed by atoms with van der Waals surface area (Å²) in [4.78, 5) is 8.32. The SMILES string of the molecule is CN=C(NCC1CCN(Cc2cccs2)CC1)NC(C)C.I. The van der Waals surface area contributed by atoms with E-state index in [9.17, 15) is 0 Å². The Balaban J connectivity index is 0.00000242. The maximum absolute atomic E-state index is 4.26. The third kappa shape index (κ3) is 6.83. The second kappa shape index (κ2) is 10.4. The molecule has 1 aromatic heterocycles. The lowest BCUT2D eigenvalue weighted by molar-refractivity contribution is 0.179. The van der Waals surface area contributed by atoms with E-state index >= 15 is 0 Å². The Morgan fingerprint density at radius 2 is 2.14 bits per heavy atom. The van der Waals surface area contributed by atoms with Gasteiger partial charge < -0.3 is 10.6 Å². The van der Waals surface area contributed by atoms with Gasteiger partial charge in [-0.15, -0.1) is 35.3 Å². The van der Waals surface area contributed by atoms with Crippen LogP contribution in [0.4, 0.5) is 0 Å². The maximum Gasteiger partial charge on any atom is 0.191 e. The van der Waals surface area contributed by atoms with Crippen molar-refractivity contribution in [1.29, 1.82) is 0 Å². The number of halogens is 1. The highest BCUT2D eigenvalue weighted by Gasteiger charge is 2.19. The quantitative estimate of drug-likeness (QED) is 0.423. The van der Waals surface area contributed by atoms with Crippen LogP contribution >= 0.6 is 35.3 Å². The molecule has 0 aromatic carbocycles. The second-order valence-corrected chi connectivity index (χ2v) is 7.08. The molecule has 0 radical (unpaired) electrons. The fourth-order valence-corrected chi connectivity index (χ4v) is 3.43. The van der Waals surface area contributed by atoms with E-state index in [1.54, 1.807) is 0 Å². The number of thiophene rings is 1. The van der Waals surface area contributed by atoms with E-state index < -0.39 is 0 Å². The Bertz CT molecular complexity index is 425. The molecule has 0 bridgehead atoms.